The molecule has 0 spiro atoms. The molecule has 0 radical (unpaired) electrons. The number of amides is 1. The number of halogens is 2. The molecule has 2 aromatic carbocycles. The number of nitrogens with two attached hydrogens (primary N) is 1. The van der Waals surface area contributed by atoms with Gasteiger partial charge in [0.15, 0.2) is 0 Å². The molecule has 0 atom stereocenters. The van der Waals surface area contributed by atoms with Gasteiger partial charge in [0.05, 0.1) is 21.4 Å². The number of nitrogens with one attached hydrogen (secondary N) is 1. The lowest BCUT2D eigenvalue weighted by molar-refractivity contribution is 0.0943. The van der Waals surface area contributed by atoms with Gasteiger partial charge < -0.3 is 11.1 Å². The van der Waals surface area contributed by atoms with Crippen LogP contribution in [0.5, 0.6) is 0 Å². The van der Waals surface area contributed by atoms with Gasteiger partial charge in [-0.2, -0.15) is 5.10 Å². The Kier molecular flexibility index (Phi) is 6.30. The molecular weight excluding hydrogens is 419 g/mol. The van der Waals surface area contributed by atoms with Gasteiger partial charge in [0, 0.05) is 23.7 Å². The van der Waals surface area contributed by atoms with E-state index in [-0.39, 0.29) is 5.91 Å². The summed E-state index contributed by atoms with van der Waals surface area (Å²) in [5, 5.41) is 8.60. The highest BCUT2D eigenvalue weighted by Gasteiger charge is 2.15. The second-order valence-electron chi connectivity index (χ2n) is 7.76. The quantitative estimate of drug-likeness (QED) is 0.528. The van der Waals surface area contributed by atoms with Gasteiger partial charge in [0.2, 0.25) is 0 Å². The second-order valence-corrected chi connectivity index (χ2v) is 8.57. The van der Waals surface area contributed by atoms with E-state index in [4.69, 9.17) is 28.9 Å². The molecule has 3 N–H and O–H groups in total. The summed E-state index contributed by atoms with van der Waals surface area (Å²) < 4.78 is 1.64. The molecule has 0 unspecified atom stereocenters. The zero-order chi connectivity index (χ0) is 21.1. The highest BCUT2D eigenvalue weighted by molar-refractivity contribution is 6.42. The van der Waals surface area contributed by atoms with Crippen molar-refractivity contribution in [1.82, 2.24) is 15.1 Å². The molecular formula is C23H24Cl2N4O. The van der Waals surface area contributed by atoms with Crippen molar-refractivity contribution in [2.75, 3.05) is 12.3 Å². The van der Waals surface area contributed by atoms with E-state index in [0.717, 1.165) is 17.8 Å². The van der Waals surface area contributed by atoms with Crippen molar-refractivity contribution < 1.29 is 4.79 Å². The average Bonchev–Trinajstić information content (AvgIpc) is 3.16. The van der Waals surface area contributed by atoms with E-state index >= 15 is 0 Å². The topological polar surface area (TPSA) is 72.9 Å². The molecule has 0 bridgehead atoms. The smallest absolute Gasteiger partial charge is 0.251 e. The molecule has 1 saturated carbocycles. The van der Waals surface area contributed by atoms with Crippen molar-refractivity contribution in [3.05, 3.63) is 64.1 Å². The van der Waals surface area contributed by atoms with Gasteiger partial charge in [-0.3, -0.25) is 4.79 Å². The van der Waals surface area contributed by atoms with E-state index in [1.165, 1.54) is 32.1 Å². The average molecular weight is 443 g/mol. The van der Waals surface area contributed by atoms with Crippen molar-refractivity contribution in [2.24, 2.45) is 5.92 Å². The van der Waals surface area contributed by atoms with Crippen molar-refractivity contribution >= 4 is 34.9 Å². The summed E-state index contributed by atoms with van der Waals surface area (Å²) in [6.07, 6.45) is 6.27. The first kappa shape index (κ1) is 20.8. The molecule has 1 heterocycles. The highest BCUT2D eigenvalue weighted by Crippen LogP contribution is 2.29. The number of nitrogens with zero attached hydrogens (tertiary/aromatic N) is 2. The van der Waals surface area contributed by atoms with Gasteiger partial charge in [-0.15, -0.1) is 0 Å². The molecule has 1 aromatic heterocycles. The largest absolute Gasteiger partial charge is 0.384 e. The molecule has 1 aliphatic carbocycles. The lowest BCUT2D eigenvalue weighted by Gasteiger charge is -2.21. The molecule has 1 aliphatic rings. The minimum Gasteiger partial charge on any atom is -0.384 e. The fraction of sp³-hybridized carbons (Fsp3) is 0.304. The Balaban J connectivity index is 1.46. The maximum Gasteiger partial charge on any atom is 0.251 e. The van der Waals surface area contributed by atoms with Gasteiger partial charge in [-0.1, -0.05) is 48.5 Å². The van der Waals surface area contributed by atoms with Crippen molar-refractivity contribution in [2.45, 2.75) is 32.1 Å². The number of hydrogen-bond acceptors (Lipinski definition) is 3. The van der Waals surface area contributed by atoms with Crippen LogP contribution in [0, 0.1) is 5.92 Å². The van der Waals surface area contributed by atoms with Crippen LogP contribution in [-0.4, -0.2) is 22.2 Å². The van der Waals surface area contributed by atoms with Crippen LogP contribution in [-0.2, 0) is 0 Å². The first-order valence-electron chi connectivity index (χ1n) is 10.2. The highest BCUT2D eigenvalue weighted by atomic mass is 35.5. The van der Waals surface area contributed by atoms with E-state index < -0.39 is 0 Å². The predicted octanol–water partition coefficient (Wildman–Crippen LogP) is 5.74. The molecule has 4 rings (SSSR count). The lowest BCUT2D eigenvalue weighted by atomic mass is 9.89. The first-order chi connectivity index (χ1) is 14.5. The number of aromatic nitrogens is 2. The Labute approximate surface area is 186 Å². The number of carbonyl (C=O) groups is 1. The van der Waals surface area contributed by atoms with Crippen LogP contribution in [0.3, 0.4) is 0 Å². The Morgan fingerprint density at radius 2 is 1.77 bits per heavy atom. The predicted molar refractivity (Wildman–Crippen MR) is 122 cm³/mol. The van der Waals surface area contributed by atoms with Crippen molar-refractivity contribution in [1.29, 1.82) is 0 Å². The molecule has 156 valence electrons. The molecule has 0 saturated heterocycles. The van der Waals surface area contributed by atoms with Crippen LogP contribution in [0.15, 0.2) is 48.5 Å². The summed E-state index contributed by atoms with van der Waals surface area (Å²) in [5.74, 6) is 1.05. The Morgan fingerprint density at radius 3 is 2.47 bits per heavy atom. The summed E-state index contributed by atoms with van der Waals surface area (Å²) in [7, 11) is 0. The van der Waals surface area contributed by atoms with Crippen molar-refractivity contribution in [3.8, 4) is 16.9 Å². The fourth-order valence-electron chi connectivity index (χ4n) is 3.88. The number of rotatable bonds is 5. The third-order valence-electron chi connectivity index (χ3n) is 5.60. The van der Waals surface area contributed by atoms with Crippen LogP contribution in [0.25, 0.3) is 16.9 Å². The van der Waals surface area contributed by atoms with Gasteiger partial charge in [-0.25, -0.2) is 4.68 Å². The summed E-state index contributed by atoms with van der Waals surface area (Å²) in [6, 6.07) is 14.4. The van der Waals surface area contributed by atoms with Gasteiger partial charge in [0.1, 0.15) is 5.82 Å². The van der Waals surface area contributed by atoms with Crippen LogP contribution < -0.4 is 11.1 Å². The summed E-state index contributed by atoms with van der Waals surface area (Å²) in [4.78, 5) is 12.5. The summed E-state index contributed by atoms with van der Waals surface area (Å²) in [6.45, 7) is 0.750. The number of anilines is 1. The first-order valence-corrected chi connectivity index (χ1v) is 11.0. The molecule has 7 heteroatoms. The second kappa shape index (κ2) is 9.11. The molecule has 3 aromatic rings. The molecule has 1 fully saturated rings. The number of benzene rings is 2. The van der Waals surface area contributed by atoms with Crippen molar-refractivity contribution in [3.63, 3.8) is 0 Å². The molecule has 30 heavy (non-hydrogen) atoms. The molecule has 1 amide bonds. The van der Waals surface area contributed by atoms with Gasteiger partial charge >= 0.3 is 0 Å². The number of carbonyl (C=O) groups excluding carboxylic acids is 1. The fourth-order valence-corrected chi connectivity index (χ4v) is 4.18. The lowest BCUT2D eigenvalue weighted by Crippen LogP contribution is -2.30. The van der Waals surface area contributed by atoms with Crippen LogP contribution >= 0.6 is 23.2 Å². The summed E-state index contributed by atoms with van der Waals surface area (Å²) in [5.41, 5.74) is 9.10. The van der Waals surface area contributed by atoms with Crippen LogP contribution in [0.1, 0.15) is 42.5 Å². The molecule has 0 aliphatic heterocycles. The van der Waals surface area contributed by atoms with E-state index in [1.807, 2.05) is 18.2 Å². The van der Waals surface area contributed by atoms with Crippen LogP contribution in [0.4, 0.5) is 5.82 Å². The minimum absolute atomic E-state index is 0.0444. The number of nitrogen functional groups attached to an aromatic ring is 1. The van der Waals surface area contributed by atoms with Gasteiger partial charge in [-0.05, 0) is 55.2 Å². The van der Waals surface area contributed by atoms with E-state index in [0.29, 0.717) is 33.0 Å². The zero-order valence-electron chi connectivity index (χ0n) is 16.6. The minimum atomic E-state index is -0.0444. The van der Waals surface area contributed by atoms with E-state index in [9.17, 15) is 4.79 Å². The maximum absolute atomic E-state index is 12.5. The zero-order valence-corrected chi connectivity index (χ0v) is 18.1. The monoisotopic (exact) mass is 442 g/mol. The number of hydrogen-bond donors (Lipinski definition) is 2. The standard InChI is InChI=1S/C23H24Cl2N4O/c24-19-11-8-17(12-20(19)25)21-13-22(26)29(28-21)18-9-6-16(7-10-18)23(30)27-14-15-4-2-1-3-5-15/h6-13,15H,1-5,14,26H2,(H,27,30). The van der Waals surface area contributed by atoms with Crippen LogP contribution in [0.2, 0.25) is 10.0 Å². The normalized spacial score (nSPS) is 14.6. The van der Waals surface area contributed by atoms with E-state index in [1.54, 1.807) is 35.0 Å². The third-order valence-corrected chi connectivity index (χ3v) is 6.34. The maximum atomic E-state index is 12.5. The third kappa shape index (κ3) is 4.63. The molecule has 5 nitrogen and oxygen atoms in total. The SMILES string of the molecule is Nc1cc(-c2ccc(Cl)c(Cl)c2)nn1-c1ccc(C(=O)NCC2CCCCC2)cc1. The van der Waals surface area contributed by atoms with E-state index in [2.05, 4.69) is 10.4 Å². The summed E-state index contributed by atoms with van der Waals surface area (Å²) >= 11 is 12.1. The Morgan fingerprint density at radius 1 is 1.03 bits per heavy atom. The van der Waals surface area contributed by atoms with Gasteiger partial charge in [0.25, 0.3) is 5.91 Å². The Bertz CT molecular complexity index is 1040. The Hall–Kier alpha value is -2.50.